The van der Waals surface area contributed by atoms with Crippen molar-refractivity contribution >= 4 is 28.8 Å². The van der Waals surface area contributed by atoms with Crippen LogP contribution >= 0.6 is 0 Å². The van der Waals surface area contributed by atoms with Gasteiger partial charge in [0, 0.05) is 18.0 Å². The molecule has 3 heterocycles. The molecule has 5 rings (SSSR count). The molecule has 1 aromatic heterocycles. The van der Waals surface area contributed by atoms with Gasteiger partial charge in [0.2, 0.25) is 6.41 Å². The maximum Gasteiger partial charge on any atom is 0.282 e. The summed E-state index contributed by atoms with van der Waals surface area (Å²) in [5.41, 5.74) is 3.64. The number of hydroxylamine groups is 1. The molecule has 3 aromatic rings. The number of aromatic nitrogens is 2. The highest BCUT2D eigenvalue weighted by Gasteiger charge is 2.32. The van der Waals surface area contributed by atoms with E-state index >= 15 is 0 Å². The topological polar surface area (TPSA) is 88.5 Å². The van der Waals surface area contributed by atoms with Gasteiger partial charge in [-0.25, -0.2) is 4.84 Å². The first-order chi connectivity index (χ1) is 15.1. The van der Waals surface area contributed by atoms with Crippen molar-refractivity contribution in [1.82, 2.24) is 20.4 Å². The van der Waals surface area contributed by atoms with Crippen LogP contribution in [0.25, 0.3) is 10.8 Å². The summed E-state index contributed by atoms with van der Waals surface area (Å²) < 4.78 is 2.11. The fraction of sp³-hybridized carbons (Fsp3) is 0.348. The van der Waals surface area contributed by atoms with Crippen molar-refractivity contribution in [2.75, 3.05) is 24.9 Å². The molecule has 31 heavy (non-hydrogen) atoms. The maximum absolute atomic E-state index is 12.8. The second-order valence-corrected chi connectivity index (χ2v) is 8.38. The SMILES string of the molecule is CC1(n2cc(Cc3ccc4c5c(cccc35)C(=O)N4OCNC=O)cn2)CCNCC1. The van der Waals surface area contributed by atoms with Crippen molar-refractivity contribution < 1.29 is 14.4 Å². The molecule has 2 aliphatic rings. The van der Waals surface area contributed by atoms with Gasteiger partial charge in [-0.05, 0) is 61.5 Å². The van der Waals surface area contributed by atoms with Crippen LogP contribution in [0.1, 0.15) is 41.3 Å². The molecule has 2 N–H and O–H groups in total. The van der Waals surface area contributed by atoms with Crippen LogP contribution < -0.4 is 15.7 Å². The van der Waals surface area contributed by atoms with E-state index in [0.717, 1.165) is 54.3 Å². The predicted molar refractivity (Wildman–Crippen MR) is 117 cm³/mol. The molecule has 0 aliphatic carbocycles. The molecule has 2 aliphatic heterocycles. The Morgan fingerprint density at radius 3 is 2.90 bits per heavy atom. The van der Waals surface area contributed by atoms with Gasteiger partial charge in [0.25, 0.3) is 5.91 Å². The molecule has 0 unspecified atom stereocenters. The van der Waals surface area contributed by atoms with Crippen molar-refractivity contribution in [2.45, 2.75) is 31.7 Å². The third-order valence-corrected chi connectivity index (χ3v) is 6.37. The average molecular weight is 419 g/mol. The molecule has 2 aromatic carbocycles. The van der Waals surface area contributed by atoms with E-state index in [2.05, 4.69) is 33.5 Å². The number of benzene rings is 2. The molecule has 0 atom stereocenters. The Morgan fingerprint density at radius 1 is 1.26 bits per heavy atom. The summed E-state index contributed by atoms with van der Waals surface area (Å²) in [6, 6.07) is 9.69. The second-order valence-electron chi connectivity index (χ2n) is 8.38. The lowest BCUT2D eigenvalue weighted by Crippen LogP contribution is -2.42. The maximum atomic E-state index is 12.8. The molecule has 1 saturated heterocycles. The van der Waals surface area contributed by atoms with Gasteiger partial charge in [-0.2, -0.15) is 10.2 Å². The first kappa shape index (κ1) is 19.7. The van der Waals surface area contributed by atoms with Gasteiger partial charge in [-0.3, -0.25) is 14.3 Å². The van der Waals surface area contributed by atoms with Crippen LogP contribution in [-0.4, -0.2) is 41.9 Å². The van der Waals surface area contributed by atoms with Crippen molar-refractivity contribution in [1.29, 1.82) is 0 Å². The van der Waals surface area contributed by atoms with Crippen LogP contribution in [-0.2, 0) is 21.6 Å². The Balaban J connectivity index is 1.45. The Bertz CT molecular complexity index is 1150. The molecule has 160 valence electrons. The number of anilines is 1. The smallest absolute Gasteiger partial charge is 0.282 e. The lowest BCUT2D eigenvalue weighted by atomic mass is 9.91. The normalized spacial score (nSPS) is 17.3. The zero-order valence-corrected chi connectivity index (χ0v) is 17.4. The molecule has 0 bridgehead atoms. The third-order valence-electron chi connectivity index (χ3n) is 6.37. The van der Waals surface area contributed by atoms with E-state index in [-0.39, 0.29) is 18.2 Å². The van der Waals surface area contributed by atoms with Gasteiger partial charge >= 0.3 is 0 Å². The van der Waals surface area contributed by atoms with Crippen LogP contribution in [0.2, 0.25) is 0 Å². The number of rotatable bonds is 7. The summed E-state index contributed by atoms with van der Waals surface area (Å²) in [7, 11) is 0. The van der Waals surface area contributed by atoms with E-state index in [0.29, 0.717) is 17.7 Å². The van der Waals surface area contributed by atoms with Crippen LogP contribution in [0.4, 0.5) is 5.69 Å². The number of nitrogens with zero attached hydrogens (tertiary/aromatic N) is 3. The highest BCUT2D eigenvalue weighted by atomic mass is 16.7. The van der Waals surface area contributed by atoms with E-state index in [1.165, 1.54) is 5.06 Å². The molecule has 0 radical (unpaired) electrons. The molecule has 0 saturated carbocycles. The first-order valence-electron chi connectivity index (χ1n) is 10.5. The predicted octanol–water partition coefficient (Wildman–Crippen LogP) is 2.32. The minimum atomic E-state index is -0.225. The lowest BCUT2D eigenvalue weighted by molar-refractivity contribution is -0.111. The zero-order valence-electron chi connectivity index (χ0n) is 17.4. The fourth-order valence-corrected chi connectivity index (χ4v) is 4.59. The Morgan fingerprint density at radius 2 is 2.10 bits per heavy atom. The lowest BCUT2D eigenvalue weighted by Gasteiger charge is -2.34. The van der Waals surface area contributed by atoms with Gasteiger partial charge in [0.1, 0.15) is 6.73 Å². The highest BCUT2D eigenvalue weighted by Crippen LogP contribution is 2.39. The van der Waals surface area contributed by atoms with Gasteiger partial charge < -0.3 is 10.6 Å². The number of carbonyl (C=O) groups is 2. The van der Waals surface area contributed by atoms with Crippen molar-refractivity contribution in [3.05, 3.63) is 59.4 Å². The largest absolute Gasteiger partial charge is 0.334 e. The van der Waals surface area contributed by atoms with Crippen LogP contribution in [0.15, 0.2) is 42.7 Å². The minimum absolute atomic E-state index is 0.0469. The van der Waals surface area contributed by atoms with Gasteiger partial charge in [0.05, 0.1) is 23.0 Å². The number of hydrogen-bond donors (Lipinski definition) is 2. The van der Waals surface area contributed by atoms with Gasteiger partial charge in [0.15, 0.2) is 0 Å². The standard InChI is InChI=1S/C23H25N5O3/c1-23(7-9-24-10-8-23)27-13-16(12-26-27)11-17-5-6-20-21-18(17)3-2-4-19(21)22(30)28(20)31-15-25-14-29/h2-6,12-14,24H,7-11,15H2,1H3,(H,25,29). The highest BCUT2D eigenvalue weighted by molar-refractivity contribution is 6.24. The van der Waals surface area contributed by atoms with Crippen molar-refractivity contribution in [2.24, 2.45) is 0 Å². The van der Waals surface area contributed by atoms with Crippen LogP contribution in [0.3, 0.4) is 0 Å². The second kappa shape index (κ2) is 7.79. The molecular formula is C23H25N5O3. The average Bonchev–Trinajstić information content (AvgIpc) is 3.36. The van der Waals surface area contributed by atoms with Crippen molar-refractivity contribution in [3.8, 4) is 0 Å². The number of amides is 2. The Labute approximate surface area is 180 Å². The molecule has 8 nitrogen and oxygen atoms in total. The van der Waals surface area contributed by atoms with E-state index in [1.54, 1.807) is 0 Å². The monoisotopic (exact) mass is 419 g/mol. The molecule has 2 amide bonds. The number of piperidine rings is 1. The number of hydrogen-bond acceptors (Lipinski definition) is 5. The molecule has 1 fully saturated rings. The van der Waals surface area contributed by atoms with E-state index in [9.17, 15) is 9.59 Å². The van der Waals surface area contributed by atoms with Gasteiger partial charge in [-0.1, -0.05) is 18.2 Å². The minimum Gasteiger partial charge on any atom is -0.334 e. The van der Waals surface area contributed by atoms with E-state index in [4.69, 9.17) is 4.84 Å². The summed E-state index contributed by atoms with van der Waals surface area (Å²) in [4.78, 5) is 28.8. The number of nitrogens with one attached hydrogen (secondary N) is 2. The first-order valence-corrected chi connectivity index (χ1v) is 10.5. The Kier molecular flexibility index (Phi) is 4.95. The number of carbonyl (C=O) groups excluding carboxylic acids is 2. The summed E-state index contributed by atoms with van der Waals surface area (Å²) in [5.74, 6) is -0.225. The Hall–Kier alpha value is -3.23. The third kappa shape index (κ3) is 3.37. The molecular weight excluding hydrogens is 394 g/mol. The molecule has 0 spiro atoms. The van der Waals surface area contributed by atoms with Crippen LogP contribution in [0.5, 0.6) is 0 Å². The quantitative estimate of drug-likeness (QED) is 0.349. The summed E-state index contributed by atoms with van der Waals surface area (Å²) in [5, 5.41) is 13.7. The zero-order chi connectivity index (χ0) is 21.4. The summed E-state index contributed by atoms with van der Waals surface area (Å²) >= 11 is 0. The van der Waals surface area contributed by atoms with Crippen molar-refractivity contribution in [3.63, 3.8) is 0 Å². The van der Waals surface area contributed by atoms with Crippen LogP contribution in [0, 0.1) is 0 Å². The summed E-state index contributed by atoms with van der Waals surface area (Å²) in [6.45, 7) is 4.22. The summed E-state index contributed by atoms with van der Waals surface area (Å²) in [6.07, 6.45) is 7.49. The van der Waals surface area contributed by atoms with E-state index < -0.39 is 0 Å². The van der Waals surface area contributed by atoms with E-state index in [1.807, 2.05) is 36.5 Å². The molecule has 8 heteroatoms. The fourth-order valence-electron chi connectivity index (χ4n) is 4.59. The van der Waals surface area contributed by atoms with Gasteiger partial charge in [-0.15, -0.1) is 0 Å².